The molecule has 0 bridgehead atoms. The molecular formula is C26H48. The summed E-state index contributed by atoms with van der Waals surface area (Å²) in [7, 11) is 0. The van der Waals surface area contributed by atoms with E-state index in [2.05, 4.69) is 13.8 Å². The van der Waals surface area contributed by atoms with Crippen molar-refractivity contribution < 1.29 is 0 Å². The Morgan fingerprint density at radius 1 is 0.500 bits per heavy atom. The van der Waals surface area contributed by atoms with E-state index in [1.54, 1.807) is 70.6 Å². The first kappa shape index (κ1) is 20.7. The van der Waals surface area contributed by atoms with Gasteiger partial charge in [0.1, 0.15) is 0 Å². The van der Waals surface area contributed by atoms with Crippen LogP contribution < -0.4 is 0 Å². The van der Waals surface area contributed by atoms with E-state index in [0.717, 1.165) is 35.5 Å². The van der Waals surface area contributed by atoms with Crippen LogP contribution in [-0.4, -0.2) is 0 Å². The van der Waals surface area contributed by atoms with Crippen LogP contribution in [0.4, 0.5) is 0 Å². The zero-order valence-electron chi connectivity index (χ0n) is 18.2. The van der Waals surface area contributed by atoms with E-state index in [0.29, 0.717) is 0 Å². The first-order valence-corrected chi connectivity index (χ1v) is 12.8. The molecule has 0 atom stereocenters. The molecule has 26 heavy (non-hydrogen) atoms. The molecule has 0 aromatic carbocycles. The molecule has 0 N–H and O–H groups in total. The Morgan fingerprint density at radius 3 is 1.42 bits per heavy atom. The Bertz CT molecular complexity index is 348. The lowest BCUT2D eigenvalue weighted by Gasteiger charge is -2.41. The van der Waals surface area contributed by atoms with Crippen LogP contribution in [0, 0.1) is 35.5 Å². The van der Waals surface area contributed by atoms with Crippen LogP contribution in [0.2, 0.25) is 0 Å². The highest BCUT2D eigenvalue weighted by Gasteiger charge is 2.34. The quantitative estimate of drug-likeness (QED) is 0.379. The molecule has 0 heteroatoms. The maximum absolute atomic E-state index is 2.47. The Balaban J connectivity index is 1.29. The van der Waals surface area contributed by atoms with E-state index in [1.165, 1.54) is 44.9 Å². The summed E-state index contributed by atoms with van der Waals surface area (Å²) in [4.78, 5) is 0. The summed E-state index contributed by atoms with van der Waals surface area (Å²) in [5.74, 6) is 6.55. The van der Waals surface area contributed by atoms with E-state index >= 15 is 0 Å². The van der Waals surface area contributed by atoms with Gasteiger partial charge in [0, 0.05) is 0 Å². The Hall–Kier alpha value is 0. The van der Waals surface area contributed by atoms with Crippen molar-refractivity contribution in [2.45, 2.75) is 129 Å². The molecule has 152 valence electrons. The Morgan fingerprint density at radius 2 is 0.923 bits per heavy atom. The van der Waals surface area contributed by atoms with Gasteiger partial charge in [-0.1, -0.05) is 78.1 Å². The zero-order valence-corrected chi connectivity index (χ0v) is 18.2. The van der Waals surface area contributed by atoms with Crippen molar-refractivity contribution in [1.29, 1.82) is 0 Å². The van der Waals surface area contributed by atoms with Gasteiger partial charge < -0.3 is 0 Å². The normalized spacial score (nSPS) is 39.0. The fraction of sp³-hybridized carbons (Fsp3) is 1.00. The van der Waals surface area contributed by atoms with Gasteiger partial charge in [-0.25, -0.2) is 0 Å². The van der Waals surface area contributed by atoms with Gasteiger partial charge in [0.15, 0.2) is 0 Å². The lowest BCUT2D eigenvalue weighted by molar-refractivity contribution is 0.105. The van der Waals surface area contributed by atoms with Crippen LogP contribution in [0.1, 0.15) is 129 Å². The molecule has 3 fully saturated rings. The molecular weight excluding hydrogens is 312 g/mol. The second-order valence-corrected chi connectivity index (χ2v) is 10.7. The van der Waals surface area contributed by atoms with Crippen LogP contribution in [0.25, 0.3) is 0 Å². The van der Waals surface area contributed by atoms with Gasteiger partial charge in [-0.15, -0.1) is 0 Å². The Labute approximate surface area is 165 Å². The van der Waals surface area contributed by atoms with E-state index in [1.807, 2.05) is 0 Å². The highest BCUT2D eigenvalue weighted by atomic mass is 14.4. The summed E-state index contributed by atoms with van der Waals surface area (Å²) in [6, 6.07) is 0. The third kappa shape index (κ3) is 6.27. The molecule has 0 unspecified atom stereocenters. The van der Waals surface area contributed by atoms with Gasteiger partial charge in [-0.05, 0) is 86.9 Å². The minimum atomic E-state index is 1.02. The van der Waals surface area contributed by atoms with E-state index in [4.69, 9.17) is 0 Å². The first-order chi connectivity index (χ1) is 12.8. The number of hydrogen-bond acceptors (Lipinski definition) is 0. The molecule has 3 aliphatic carbocycles. The van der Waals surface area contributed by atoms with Crippen molar-refractivity contribution >= 4 is 0 Å². The predicted molar refractivity (Wildman–Crippen MR) is 115 cm³/mol. The van der Waals surface area contributed by atoms with Gasteiger partial charge in [0.2, 0.25) is 0 Å². The number of hydrogen-bond donors (Lipinski definition) is 0. The lowest BCUT2D eigenvalue weighted by Crippen LogP contribution is -2.29. The SMILES string of the molecule is CCCCCCCC1CCC(C2CCC(C3CCC(C)CC3)CC2)CC1. The summed E-state index contributed by atoms with van der Waals surface area (Å²) < 4.78 is 0. The second-order valence-electron chi connectivity index (χ2n) is 10.7. The average molecular weight is 361 g/mol. The van der Waals surface area contributed by atoms with Gasteiger partial charge in [0.25, 0.3) is 0 Å². The summed E-state index contributed by atoms with van der Waals surface area (Å²) in [5, 5.41) is 0. The predicted octanol–water partition coefficient (Wildman–Crippen LogP) is 8.79. The van der Waals surface area contributed by atoms with Crippen molar-refractivity contribution in [1.82, 2.24) is 0 Å². The van der Waals surface area contributed by atoms with Crippen molar-refractivity contribution in [3.05, 3.63) is 0 Å². The molecule has 0 saturated heterocycles. The fourth-order valence-electron chi connectivity index (χ4n) is 6.83. The minimum Gasteiger partial charge on any atom is -0.0654 e. The smallest absolute Gasteiger partial charge is 0.0386 e. The molecule has 0 amide bonds. The Kier molecular flexibility index (Phi) is 8.86. The van der Waals surface area contributed by atoms with Crippen molar-refractivity contribution in [2.24, 2.45) is 35.5 Å². The van der Waals surface area contributed by atoms with Crippen LogP contribution in [0.3, 0.4) is 0 Å². The van der Waals surface area contributed by atoms with Crippen molar-refractivity contribution in [2.75, 3.05) is 0 Å². The van der Waals surface area contributed by atoms with Gasteiger partial charge >= 0.3 is 0 Å². The van der Waals surface area contributed by atoms with Gasteiger partial charge in [-0.2, -0.15) is 0 Å². The second kappa shape index (κ2) is 11.1. The lowest BCUT2D eigenvalue weighted by atomic mass is 9.65. The largest absolute Gasteiger partial charge is 0.0654 e. The molecule has 3 rings (SSSR count). The van der Waals surface area contributed by atoms with E-state index in [-0.39, 0.29) is 0 Å². The van der Waals surface area contributed by atoms with E-state index < -0.39 is 0 Å². The summed E-state index contributed by atoms with van der Waals surface area (Å²) in [6.45, 7) is 4.79. The molecule has 0 radical (unpaired) electrons. The maximum Gasteiger partial charge on any atom is -0.0386 e. The molecule has 0 aliphatic heterocycles. The molecule has 0 spiro atoms. The number of unbranched alkanes of at least 4 members (excludes halogenated alkanes) is 4. The van der Waals surface area contributed by atoms with Crippen LogP contribution in [-0.2, 0) is 0 Å². The molecule has 0 heterocycles. The van der Waals surface area contributed by atoms with Crippen LogP contribution in [0.5, 0.6) is 0 Å². The third-order valence-corrected chi connectivity index (χ3v) is 8.82. The number of rotatable bonds is 8. The molecule has 0 nitrogen and oxygen atoms in total. The third-order valence-electron chi connectivity index (χ3n) is 8.82. The maximum atomic E-state index is 2.47. The molecule has 3 aliphatic rings. The summed E-state index contributed by atoms with van der Waals surface area (Å²) in [6.07, 6.45) is 27.7. The topological polar surface area (TPSA) is 0 Å². The summed E-state index contributed by atoms with van der Waals surface area (Å²) in [5.41, 5.74) is 0. The summed E-state index contributed by atoms with van der Waals surface area (Å²) >= 11 is 0. The van der Waals surface area contributed by atoms with Crippen LogP contribution >= 0.6 is 0 Å². The highest BCUT2D eigenvalue weighted by Crippen LogP contribution is 2.46. The molecule has 0 aromatic rings. The first-order valence-electron chi connectivity index (χ1n) is 12.8. The fourth-order valence-corrected chi connectivity index (χ4v) is 6.83. The minimum absolute atomic E-state index is 1.02. The van der Waals surface area contributed by atoms with Crippen LogP contribution in [0.15, 0.2) is 0 Å². The zero-order chi connectivity index (χ0) is 18.2. The molecule has 0 aromatic heterocycles. The average Bonchev–Trinajstić information content (AvgIpc) is 2.69. The highest BCUT2D eigenvalue weighted by molar-refractivity contribution is 4.85. The monoisotopic (exact) mass is 360 g/mol. The van der Waals surface area contributed by atoms with E-state index in [9.17, 15) is 0 Å². The standard InChI is InChI=1S/C26H48/c1-3-4-5-6-7-8-22-11-15-24(16-12-22)26-19-17-25(18-20-26)23-13-9-21(2)10-14-23/h21-26H,3-20H2,1-2H3. The molecule has 3 saturated carbocycles. The van der Waals surface area contributed by atoms with Gasteiger partial charge in [-0.3, -0.25) is 0 Å². The van der Waals surface area contributed by atoms with Crippen molar-refractivity contribution in [3.8, 4) is 0 Å². The van der Waals surface area contributed by atoms with Gasteiger partial charge in [0.05, 0.1) is 0 Å². The van der Waals surface area contributed by atoms with Crippen molar-refractivity contribution in [3.63, 3.8) is 0 Å².